The molecule has 1 aliphatic rings. The van der Waals surface area contributed by atoms with Gasteiger partial charge in [0.1, 0.15) is 11.9 Å². The molecule has 1 aromatic heterocycles. The number of guanidine groups is 1. The molecule has 0 unspecified atom stereocenters. The SMILES string of the molecule is CCNC(=NCCc1csc(C(C)C)n1)N1CCC(Oc2ccccc2)CC1.I. The van der Waals surface area contributed by atoms with Gasteiger partial charge >= 0.3 is 0 Å². The molecule has 7 heteroatoms. The normalized spacial score (nSPS) is 15.3. The second-order valence-electron chi connectivity index (χ2n) is 7.43. The van der Waals surface area contributed by atoms with Crippen LogP contribution in [0.5, 0.6) is 5.75 Å². The van der Waals surface area contributed by atoms with Crippen LogP contribution in [0.3, 0.4) is 0 Å². The molecule has 1 fully saturated rings. The summed E-state index contributed by atoms with van der Waals surface area (Å²) in [6.07, 6.45) is 3.21. The minimum Gasteiger partial charge on any atom is -0.490 e. The molecule has 0 bridgehead atoms. The van der Waals surface area contributed by atoms with Gasteiger partial charge in [-0.05, 0) is 19.1 Å². The van der Waals surface area contributed by atoms with Crippen LogP contribution in [0.25, 0.3) is 0 Å². The van der Waals surface area contributed by atoms with Crippen LogP contribution in [0.15, 0.2) is 40.7 Å². The molecule has 0 spiro atoms. The van der Waals surface area contributed by atoms with Crippen molar-refractivity contribution in [2.75, 3.05) is 26.2 Å². The van der Waals surface area contributed by atoms with E-state index < -0.39 is 0 Å². The Kier molecular flexibility index (Phi) is 10.2. The third-order valence-electron chi connectivity index (χ3n) is 4.82. The Hall–Kier alpha value is -1.35. The lowest BCUT2D eigenvalue weighted by Gasteiger charge is -2.34. The van der Waals surface area contributed by atoms with Crippen molar-refractivity contribution in [2.45, 2.75) is 52.1 Å². The minimum atomic E-state index is 0. The highest BCUT2D eigenvalue weighted by molar-refractivity contribution is 14.0. The van der Waals surface area contributed by atoms with Crippen LogP contribution in [-0.2, 0) is 6.42 Å². The fourth-order valence-corrected chi connectivity index (χ4v) is 4.15. The number of ether oxygens (including phenoxy) is 1. The topological polar surface area (TPSA) is 49.8 Å². The molecule has 160 valence electrons. The third kappa shape index (κ3) is 7.44. The van der Waals surface area contributed by atoms with Gasteiger partial charge in [-0.3, -0.25) is 4.99 Å². The second-order valence-corrected chi connectivity index (χ2v) is 8.32. The van der Waals surface area contributed by atoms with Crippen molar-refractivity contribution in [2.24, 2.45) is 4.99 Å². The van der Waals surface area contributed by atoms with Gasteiger partial charge in [0.25, 0.3) is 0 Å². The molecule has 1 saturated heterocycles. The highest BCUT2D eigenvalue weighted by Crippen LogP contribution is 2.20. The Labute approximate surface area is 196 Å². The Balaban J connectivity index is 0.00000300. The Morgan fingerprint density at radius 3 is 2.62 bits per heavy atom. The number of aliphatic imine (C=N–C) groups is 1. The fourth-order valence-electron chi connectivity index (χ4n) is 3.28. The highest BCUT2D eigenvalue weighted by atomic mass is 127. The molecule has 0 atom stereocenters. The van der Waals surface area contributed by atoms with Crippen LogP contribution in [0.4, 0.5) is 0 Å². The van der Waals surface area contributed by atoms with Crippen LogP contribution < -0.4 is 10.1 Å². The number of para-hydroxylation sites is 1. The van der Waals surface area contributed by atoms with E-state index in [2.05, 4.69) is 36.4 Å². The van der Waals surface area contributed by atoms with Crippen molar-refractivity contribution in [1.82, 2.24) is 15.2 Å². The average molecular weight is 529 g/mol. The van der Waals surface area contributed by atoms with Gasteiger partial charge in [-0.1, -0.05) is 32.0 Å². The number of piperidine rings is 1. The average Bonchev–Trinajstić information content (AvgIpc) is 3.18. The first-order chi connectivity index (χ1) is 13.7. The number of thiazole rings is 1. The van der Waals surface area contributed by atoms with Gasteiger partial charge in [-0.2, -0.15) is 0 Å². The minimum absolute atomic E-state index is 0. The number of rotatable bonds is 7. The van der Waals surface area contributed by atoms with Crippen molar-refractivity contribution < 1.29 is 4.74 Å². The van der Waals surface area contributed by atoms with E-state index in [-0.39, 0.29) is 30.1 Å². The van der Waals surface area contributed by atoms with Crippen molar-refractivity contribution in [3.8, 4) is 5.75 Å². The zero-order valence-corrected chi connectivity index (χ0v) is 20.8. The highest BCUT2D eigenvalue weighted by Gasteiger charge is 2.22. The van der Waals surface area contributed by atoms with E-state index in [0.717, 1.165) is 62.8 Å². The lowest BCUT2D eigenvalue weighted by molar-refractivity contribution is 0.129. The molecule has 0 saturated carbocycles. The zero-order chi connectivity index (χ0) is 19.8. The summed E-state index contributed by atoms with van der Waals surface area (Å²) in [7, 11) is 0. The van der Waals surface area contributed by atoms with Gasteiger partial charge in [-0.15, -0.1) is 35.3 Å². The van der Waals surface area contributed by atoms with Crippen LogP contribution in [0.1, 0.15) is 50.2 Å². The quantitative estimate of drug-likeness (QED) is 0.315. The van der Waals surface area contributed by atoms with E-state index in [1.54, 1.807) is 11.3 Å². The summed E-state index contributed by atoms with van der Waals surface area (Å²) >= 11 is 1.76. The number of hydrogen-bond donors (Lipinski definition) is 1. The molecular formula is C22H33IN4OS. The van der Waals surface area contributed by atoms with Crippen LogP contribution >= 0.6 is 35.3 Å². The van der Waals surface area contributed by atoms with Gasteiger partial charge in [0.15, 0.2) is 5.96 Å². The summed E-state index contributed by atoms with van der Waals surface area (Å²) in [5.74, 6) is 2.48. The van der Waals surface area contributed by atoms with Gasteiger partial charge in [0.05, 0.1) is 10.7 Å². The molecule has 3 rings (SSSR count). The van der Waals surface area contributed by atoms with Gasteiger partial charge in [0.2, 0.25) is 0 Å². The second kappa shape index (κ2) is 12.4. The maximum atomic E-state index is 6.11. The fraction of sp³-hybridized carbons (Fsp3) is 0.545. The van der Waals surface area contributed by atoms with Crippen molar-refractivity contribution >= 4 is 41.3 Å². The zero-order valence-electron chi connectivity index (χ0n) is 17.6. The Morgan fingerprint density at radius 1 is 1.28 bits per heavy atom. The van der Waals surface area contributed by atoms with E-state index in [9.17, 15) is 0 Å². The van der Waals surface area contributed by atoms with E-state index >= 15 is 0 Å². The predicted molar refractivity (Wildman–Crippen MR) is 133 cm³/mol. The summed E-state index contributed by atoms with van der Waals surface area (Å²) in [6, 6.07) is 10.1. The first kappa shape index (κ1) is 23.9. The Morgan fingerprint density at radius 2 is 2.00 bits per heavy atom. The standard InChI is InChI=1S/C22H32N4OS.HI/c1-4-23-22(24-13-10-18-16-28-21(25-18)17(2)3)26-14-11-20(12-15-26)27-19-8-6-5-7-9-19;/h5-9,16-17,20H,4,10-15H2,1-3H3,(H,23,24);1H. The van der Waals surface area contributed by atoms with Gasteiger partial charge < -0.3 is 15.0 Å². The number of nitrogens with one attached hydrogen (secondary N) is 1. The first-order valence-electron chi connectivity index (χ1n) is 10.3. The molecule has 1 aliphatic heterocycles. The monoisotopic (exact) mass is 528 g/mol. The molecule has 1 N–H and O–H groups in total. The molecule has 0 radical (unpaired) electrons. The van der Waals surface area contributed by atoms with E-state index in [0.29, 0.717) is 5.92 Å². The summed E-state index contributed by atoms with van der Waals surface area (Å²) < 4.78 is 6.11. The summed E-state index contributed by atoms with van der Waals surface area (Å²) in [5, 5.41) is 6.83. The predicted octanol–water partition coefficient (Wildman–Crippen LogP) is 4.94. The van der Waals surface area contributed by atoms with Crippen LogP contribution in [0.2, 0.25) is 0 Å². The van der Waals surface area contributed by atoms with E-state index in [4.69, 9.17) is 14.7 Å². The number of benzene rings is 1. The van der Waals surface area contributed by atoms with Crippen LogP contribution in [0, 0.1) is 0 Å². The molecule has 2 aromatic rings. The smallest absolute Gasteiger partial charge is 0.193 e. The lowest BCUT2D eigenvalue weighted by Crippen LogP contribution is -2.47. The van der Waals surface area contributed by atoms with E-state index in [1.165, 1.54) is 5.01 Å². The summed E-state index contributed by atoms with van der Waals surface area (Å²) in [5.41, 5.74) is 1.16. The molecule has 2 heterocycles. The van der Waals surface area contributed by atoms with Crippen molar-refractivity contribution in [3.05, 3.63) is 46.4 Å². The van der Waals surface area contributed by atoms with Crippen molar-refractivity contribution in [1.29, 1.82) is 0 Å². The molecule has 5 nitrogen and oxygen atoms in total. The van der Waals surface area contributed by atoms with Gasteiger partial charge in [0, 0.05) is 56.7 Å². The Bertz CT molecular complexity index is 742. The molecule has 0 amide bonds. The number of likely N-dealkylation sites (tertiary alicyclic amines) is 1. The molecule has 1 aromatic carbocycles. The number of aromatic nitrogens is 1. The molecule has 0 aliphatic carbocycles. The number of hydrogen-bond acceptors (Lipinski definition) is 4. The number of nitrogens with zero attached hydrogens (tertiary/aromatic N) is 3. The number of halogens is 1. The summed E-state index contributed by atoms with van der Waals surface area (Å²) in [4.78, 5) is 11.9. The largest absolute Gasteiger partial charge is 0.490 e. The third-order valence-corrected chi connectivity index (χ3v) is 6.01. The van der Waals surface area contributed by atoms with Crippen molar-refractivity contribution in [3.63, 3.8) is 0 Å². The molecular weight excluding hydrogens is 495 g/mol. The van der Waals surface area contributed by atoms with Gasteiger partial charge in [-0.25, -0.2) is 4.98 Å². The lowest BCUT2D eigenvalue weighted by atomic mass is 10.1. The maximum absolute atomic E-state index is 6.11. The van der Waals surface area contributed by atoms with Crippen LogP contribution in [-0.4, -0.2) is 48.1 Å². The molecule has 29 heavy (non-hydrogen) atoms. The van der Waals surface area contributed by atoms with E-state index in [1.807, 2.05) is 30.3 Å². The first-order valence-corrected chi connectivity index (χ1v) is 11.2. The summed E-state index contributed by atoms with van der Waals surface area (Å²) in [6.45, 7) is 10.1. The maximum Gasteiger partial charge on any atom is 0.193 e.